The maximum absolute atomic E-state index is 9.69. The number of aliphatic hydroxyl groups excluding tert-OH is 1. The van der Waals surface area contributed by atoms with Crippen molar-refractivity contribution >= 4 is 30.0 Å². The second-order valence-electron chi connectivity index (χ2n) is 8.85. The molecule has 1 heterocycles. The van der Waals surface area contributed by atoms with Crippen LogP contribution in [-0.4, -0.2) is 78.3 Å². The maximum atomic E-state index is 9.69. The standard InChI is InChI=1S/C19H37BNO6PSi/c1-10-19(11-13-22)16(26-28(7,23-6)24-14-12-21-5)15(17(20)25-19)27-29(8,9)18(2,3)4/h15-17,22H,7,10-14H2,1-4,6,8-9H3/t15?,16-,17-,19+,28?/m1/s1. The largest absolute Gasteiger partial charge is 0.409 e. The third-order valence-corrected chi connectivity index (χ3v) is 12.1. The van der Waals surface area contributed by atoms with Crippen molar-refractivity contribution in [1.82, 2.24) is 0 Å². The molecule has 5 atom stereocenters. The zero-order valence-electron chi connectivity index (χ0n) is 18.9. The quantitative estimate of drug-likeness (QED) is 0.227. The van der Waals surface area contributed by atoms with Crippen molar-refractivity contribution in [2.24, 2.45) is 0 Å². The monoisotopic (exact) mass is 445 g/mol. The predicted octanol–water partition coefficient (Wildman–Crippen LogP) is 3.59. The van der Waals surface area contributed by atoms with E-state index in [1.54, 1.807) is 0 Å². The van der Waals surface area contributed by atoms with Crippen LogP contribution in [0.1, 0.15) is 40.5 Å². The van der Waals surface area contributed by atoms with Gasteiger partial charge in [-0.15, -0.1) is 0 Å². The highest BCUT2D eigenvalue weighted by Crippen LogP contribution is 2.55. The minimum atomic E-state index is -2.99. The van der Waals surface area contributed by atoms with Crippen LogP contribution in [0.15, 0.2) is 0 Å². The lowest BCUT2D eigenvalue weighted by Crippen LogP contribution is -2.52. The van der Waals surface area contributed by atoms with Crippen LogP contribution in [0.2, 0.25) is 18.1 Å². The van der Waals surface area contributed by atoms with E-state index in [2.05, 4.69) is 45.0 Å². The summed E-state index contributed by atoms with van der Waals surface area (Å²) in [7, 11) is 2.65. The summed E-state index contributed by atoms with van der Waals surface area (Å²) in [5, 5.41) is 9.66. The summed E-state index contributed by atoms with van der Waals surface area (Å²) < 4.78 is 30.3. The highest BCUT2D eigenvalue weighted by Gasteiger charge is 2.57. The second-order valence-corrected chi connectivity index (χ2v) is 15.7. The number of hydrogen-bond donors (Lipinski definition) is 1. The summed E-state index contributed by atoms with van der Waals surface area (Å²) >= 11 is 0. The van der Waals surface area contributed by atoms with E-state index in [9.17, 15) is 5.11 Å². The summed E-state index contributed by atoms with van der Waals surface area (Å²) in [6.07, 6.45) is 3.75. The molecule has 1 saturated heterocycles. The predicted molar refractivity (Wildman–Crippen MR) is 121 cm³/mol. The van der Waals surface area contributed by atoms with E-state index < -0.39 is 39.7 Å². The Morgan fingerprint density at radius 3 is 2.45 bits per heavy atom. The zero-order chi connectivity index (χ0) is 22.5. The van der Waals surface area contributed by atoms with Gasteiger partial charge in [-0.2, -0.15) is 0 Å². The molecule has 1 N–H and O–H groups in total. The van der Waals surface area contributed by atoms with Gasteiger partial charge in [0.15, 0.2) is 8.32 Å². The van der Waals surface area contributed by atoms with Gasteiger partial charge in [0.05, 0.1) is 11.7 Å². The summed E-state index contributed by atoms with van der Waals surface area (Å²) in [6, 6.07) is -0.714. The number of rotatable bonds is 11. The van der Waals surface area contributed by atoms with E-state index in [1.807, 2.05) is 6.92 Å². The lowest BCUT2D eigenvalue weighted by atomic mass is 9.86. The van der Waals surface area contributed by atoms with Crippen LogP contribution in [0.5, 0.6) is 0 Å². The van der Waals surface area contributed by atoms with Crippen LogP contribution in [0.4, 0.5) is 0 Å². The Kier molecular flexibility index (Phi) is 9.66. The molecular formula is C19H37BNO6PSi. The van der Waals surface area contributed by atoms with Crippen molar-refractivity contribution < 1.29 is 27.8 Å². The van der Waals surface area contributed by atoms with Crippen molar-refractivity contribution in [3.05, 3.63) is 11.4 Å². The molecule has 7 nitrogen and oxygen atoms in total. The molecule has 10 heteroatoms. The zero-order valence-corrected chi connectivity index (χ0v) is 20.8. The Labute approximate surface area is 179 Å². The Bertz CT molecular complexity index is 623. The number of nitrogens with zero attached hydrogens (tertiary/aromatic N) is 1. The van der Waals surface area contributed by atoms with E-state index in [4.69, 9.17) is 37.2 Å². The summed E-state index contributed by atoms with van der Waals surface area (Å²) in [5.41, 5.74) is -0.841. The minimum Gasteiger partial charge on any atom is -0.409 e. The molecule has 0 bridgehead atoms. The van der Waals surface area contributed by atoms with Gasteiger partial charge in [-0.25, -0.2) is 6.57 Å². The van der Waals surface area contributed by atoms with E-state index in [1.165, 1.54) is 7.11 Å². The molecule has 0 aromatic heterocycles. The molecule has 0 aliphatic carbocycles. The molecule has 0 spiro atoms. The van der Waals surface area contributed by atoms with E-state index in [0.717, 1.165) is 0 Å². The second kappa shape index (κ2) is 10.4. The normalized spacial score (nSPS) is 30.1. The molecular weight excluding hydrogens is 408 g/mol. The smallest absolute Gasteiger partial charge is 0.251 e. The van der Waals surface area contributed by atoms with Crippen molar-refractivity contribution in [3.63, 3.8) is 0 Å². The molecule has 166 valence electrons. The first-order valence-corrected chi connectivity index (χ1v) is 14.6. The SMILES string of the molecule is [B][C@@H]1O[C@@](CC)(CCO)[C@H](OP(=C)(OC)OCC[N+]#[C-])C1O[Si](C)(C)C(C)(C)C. The first kappa shape index (κ1) is 26.9. The number of ether oxygens (including phenoxy) is 1. The number of aliphatic hydroxyl groups is 1. The molecule has 1 aliphatic heterocycles. The molecule has 2 radical (unpaired) electrons. The van der Waals surface area contributed by atoms with Gasteiger partial charge in [0.25, 0.3) is 7.57 Å². The molecule has 0 amide bonds. The molecule has 2 unspecified atom stereocenters. The fourth-order valence-electron chi connectivity index (χ4n) is 3.06. The average molecular weight is 445 g/mol. The van der Waals surface area contributed by atoms with Gasteiger partial charge in [-0.1, -0.05) is 27.7 Å². The summed E-state index contributed by atoms with van der Waals surface area (Å²) in [5.74, 6) is 0. The van der Waals surface area contributed by atoms with Crippen LogP contribution in [0.3, 0.4) is 0 Å². The minimum absolute atomic E-state index is 0.0319. The molecule has 1 aliphatic rings. The summed E-state index contributed by atoms with van der Waals surface area (Å²) in [4.78, 5) is 3.29. The van der Waals surface area contributed by atoms with Crippen LogP contribution in [0.25, 0.3) is 4.85 Å². The van der Waals surface area contributed by atoms with Crippen LogP contribution in [0, 0.1) is 6.57 Å². The Morgan fingerprint density at radius 2 is 2.00 bits per heavy atom. The van der Waals surface area contributed by atoms with Gasteiger partial charge in [-0.05, 0) is 30.9 Å². The molecule has 1 fully saturated rings. The van der Waals surface area contributed by atoms with E-state index in [0.29, 0.717) is 12.8 Å². The molecule has 1 rings (SSSR count). The highest BCUT2D eigenvalue weighted by atomic mass is 31.2. The summed E-state index contributed by atoms with van der Waals surface area (Å²) in [6.45, 7) is 19.9. The van der Waals surface area contributed by atoms with Crippen molar-refractivity contribution in [3.8, 4) is 0 Å². The lowest BCUT2D eigenvalue weighted by Gasteiger charge is -2.42. The van der Waals surface area contributed by atoms with Gasteiger partial charge in [0.1, 0.15) is 20.6 Å². The fourth-order valence-corrected chi connectivity index (χ4v) is 5.62. The molecule has 29 heavy (non-hydrogen) atoms. The van der Waals surface area contributed by atoms with Gasteiger partial charge >= 0.3 is 0 Å². The van der Waals surface area contributed by atoms with E-state index in [-0.39, 0.29) is 24.8 Å². The average Bonchev–Trinajstić information content (AvgIpc) is 2.86. The molecule has 0 saturated carbocycles. The third kappa shape index (κ3) is 6.41. The van der Waals surface area contributed by atoms with Crippen LogP contribution < -0.4 is 0 Å². The van der Waals surface area contributed by atoms with Crippen molar-refractivity contribution in [2.75, 3.05) is 26.9 Å². The van der Waals surface area contributed by atoms with Crippen LogP contribution >= 0.6 is 7.57 Å². The van der Waals surface area contributed by atoms with Gasteiger partial charge in [0.2, 0.25) is 6.54 Å². The highest BCUT2D eigenvalue weighted by molar-refractivity contribution is 7.59. The Balaban J connectivity index is 3.28. The van der Waals surface area contributed by atoms with E-state index >= 15 is 0 Å². The van der Waals surface area contributed by atoms with Gasteiger partial charge < -0.3 is 32.7 Å². The van der Waals surface area contributed by atoms with Crippen molar-refractivity contribution in [1.29, 1.82) is 0 Å². The lowest BCUT2D eigenvalue weighted by molar-refractivity contribution is -0.0798. The first-order chi connectivity index (χ1) is 13.3. The van der Waals surface area contributed by atoms with Gasteiger partial charge in [-0.3, -0.25) is 0 Å². The topological polar surface area (TPSA) is 70.7 Å². The Hall–Kier alpha value is -0.168. The first-order valence-electron chi connectivity index (χ1n) is 9.99. The van der Waals surface area contributed by atoms with Crippen LogP contribution in [-0.2, 0) is 22.7 Å². The van der Waals surface area contributed by atoms with Gasteiger partial charge in [0, 0.05) is 26.1 Å². The third-order valence-electron chi connectivity index (χ3n) is 5.93. The number of hydrogen-bond acceptors (Lipinski definition) is 6. The maximum Gasteiger partial charge on any atom is 0.251 e. The molecule has 0 aromatic rings. The molecule has 0 aromatic carbocycles. The fraction of sp³-hybridized carbons (Fsp3) is 0.895. The Morgan fingerprint density at radius 1 is 1.38 bits per heavy atom. The van der Waals surface area contributed by atoms with Crippen molar-refractivity contribution in [2.45, 2.75) is 82.5 Å².